The van der Waals surface area contributed by atoms with Crippen molar-refractivity contribution in [1.82, 2.24) is 9.55 Å². The molecule has 1 aromatic heterocycles. The highest BCUT2D eigenvalue weighted by atomic mass is 32.2. The number of anilines is 1. The van der Waals surface area contributed by atoms with E-state index in [4.69, 9.17) is 0 Å². The summed E-state index contributed by atoms with van der Waals surface area (Å²) in [5.41, 5.74) is 0.956. The molecule has 0 saturated carbocycles. The second-order valence-electron chi connectivity index (χ2n) is 5.76. The summed E-state index contributed by atoms with van der Waals surface area (Å²) in [4.78, 5) is 4.43. The highest BCUT2D eigenvalue weighted by Gasteiger charge is 2.31. The quantitative estimate of drug-likeness (QED) is 0.896. The smallest absolute Gasteiger partial charge is 0.203 e. The first-order chi connectivity index (χ1) is 8.88. The lowest BCUT2D eigenvalue weighted by Gasteiger charge is -2.14. The van der Waals surface area contributed by atoms with Crippen molar-refractivity contribution < 1.29 is 8.42 Å². The topological polar surface area (TPSA) is 64.0 Å². The molecule has 1 saturated heterocycles. The van der Waals surface area contributed by atoms with Gasteiger partial charge in [0.1, 0.15) is 0 Å². The lowest BCUT2D eigenvalue weighted by molar-refractivity contribution is 0.525. The maximum atomic E-state index is 11.8. The van der Waals surface area contributed by atoms with E-state index in [1.54, 1.807) is 0 Å². The number of hydrogen-bond acceptors (Lipinski definition) is 4. The van der Waals surface area contributed by atoms with E-state index in [-0.39, 0.29) is 5.25 Å². The Hall–Kier alpha value is -1.04. The summed E-state index contributed by atoms with van der Waals surface area (Å²) in [6, 6.07) is 0. The second kappa shape index (κ2) is 5.53. The predicted molar refractivity (Wildman–Crippen MR) is 77.1 cm³/mol. The summed E-state index contributed by atoms with van der Waals surface area (Å²) in [7, 11) is -2.89. The highest BCUT2D eigenvalue weighted by molar-refractivity contribution is 7.92. The number of sulfone groups is 1. The van der Waals surface area contributed by atoms with Crippen molar-refractivity contribution in [2.45, 2.75) is 45.4 Å². The molecule has 0 spiro atoms. The second-order valence-corrected chi connectivity index (χ2v) is 8.16. The van der Waals surface area contributed by atoms with Crippen LogP contribution in [0.1, 0.15) is 32.4 Å². The molecule has 19 heavy (non-hydrogen) atoms. The first kappa shape index (κ1) is 14.4. The van der Waals surface area contributed by atoms with Crippen LogP contribution >= 0.6 is 0 Å². The summed E-state index contributed by atoms with van der Waals surface area (Å²) in [5, 5.41) is 2.96. The Morgan fingerprint density at radius 2 is 2.26 bits per heavy atom. The van der Waals surface area contributed by atoms with Gasteiger partial charge < -0.3 is 9.88 Å². The molecule has 0 amide bonds. The van der Waals surface area contributed by atoms with E-state index >= 15 is 0 Å². The van der Waals surface area contributed by atoms with Gasteiger partial charge in [-0.15, -0.1) is 0 Å². The van der Waals surface area contributed by atoms with Gasteiger partial charge in [0.2, 0.25) is 5.95 Å². The predicted octanol–water partition coefficient (Wildman–Crippen LogP) is 1.84. The molecular weight excluding hydrogens is 262 g/mol. The number of imidazole rings is 1. The molecule has 5 nitrogen and oxygen atoms in total. The maximum Gasteiger partial charge on any atom is 0.203 e. The average molecular weight is 285 g/mol. The third-order valence-corrected chi connectivity index (χ3v) is 5.69. The van der Waals surface area contributed by atoms with Crippen LogP contribution in [0.25, 0.3) is 0 Å². The van der Waals surface area contributed by atoms with Crippen molar-refractivity contribution in [1.29, 1.82) is 0 Å². The maximum absolute atomic E-state index is 11.8. The van der Waals surface area contributed by atoms with Gasteiger partial charge in [0, 0.05) is 19.3 Å². The zero-order valence-corrected chi connectivity index (χ0v) is 12.7. The first-order valence-electron chi connectivity index (χ1n) is 6.87. The van der Waals surface area contributed by atoms with Crippen molar-refractivity contribution in [3.8, 4) is 0 Å². The Morgan fingerprint density at radius 3 is 2.84 bits per heavy atom. The van der Waals surface area contributed by atoms with Crippen LogP contribution < -0.4 is 5.32 Å². The molecule has 1 atom stereocenters. The van der Waals surface area contributed by atoms with Gasteiger partial charge in [-0.25, -0.2) is 13.4 Å². The molecule has 2 rings (SSSR count). The fraction of sp³-hybridized carbons (Fsp3) is 0.769. The van der Waals surface area contributed by atoms with Crippen LogP contribution in [0, 0.1) is 12.8 Å². The zero-order chi connectivity index (χ0) is 14.0. The number of rotatable bonds is 5. The largest absolute Gasteiger partial charge is 0.354 e. The minimum Gasteiger partial charge on any atom is -0.354 e. The standard InChI is InChI=1S/C13H23N3O2S/c1-10(2)8-16-9-11(3)15-13(16)14-7-12-5-4-6-19(12,17)18/h9-10,12H,4-8H2,1-3H3,(H,14,15). The zero-order valence-electron chi connectivity index (χ0n) is 11.9. The van der Waals surface area contributed by atoms with Gasteiger partial charge in [0.15, 0.2) is 9.84 Å². The molecule has 108 valence electrons. The summed E-state index contributed by atoms with van der Waals surface area (Å²) in [6.07, 6.45) is 3.55. The summed E-state index contributed by atoms with van der Waals surface area (Å²) >= 11 is 0. The fourth-order valence-electron chi connectivity index (χ4n) is 2.51. The fourth-order valence-corrected chi connectivity index (χ4v) is 4.28. The van der Waals surface area contributed by atoms with Gasteiger partial charge in [-0.05, 0) is 25.7 Å². The minimum absolute atomic E-state index is 0.253. The van der Waals surface area contributed by atoms with E-state index in [1.165, 1.54) is 0 Å². The molecule has 0 bridgehead atoms. The van der Waals surface area contributed by atoms with E-state index in [9.17, 15) is 8.42 Å². The van der Waals surface area contributed by atoms with E-state index in [0.29, 0.717) is 18.2 Å². The van der Waals surface area contributed by atoms with Gasteiger partial charge >= 0.3 is 0 Å². The van der Waals surface area contributed by atoms with Crippen molar-refractivity contribution in [2.24, 2.45) is 5.92 Å². The van der Waals surface area contributed by atoms with Crippen LogP contribution in [0.2, 0.25) is 0 Å². The molecule has 6 heteroatoms. The van der Waals surface area contributed by atoms with Gasteiger partial charge in [-0.3, -0.25) is 0 Å². The molecule has 0 aromatic carbocycles. The Balaban J connectivity index is 2.03. The van der Waals surface area contributed by atoms with Crippen LogP contribution in [0.5, 0.6) is 0 Å². The minimum atomic E-state index is -2.89. The summed E-state index contributed by atoms with van der Waals surface area (Å²) in [6.45, 7) is 7.62. The van der Waals surface area contributed by atoms with Gasteiger partial charge in [0.05, 0.1) is 16.7 Å². The number of nitrogens with zero attached hydrogens (tertiary/aromatic N) is 2. The third-order valence-electron chi connectivity index (χ3n) is 3.41. The monoisotopic (exact) mass is 285 g/mol. The number of aromatic nitrogens is 2. The Bertz CT molecular complexity index is 534. The Kier molecular flexibility index (Phi) is 4.18. The molecule has 0 radical (unpaired) electrons. The van der Waals surface area contributed by atoms with E-state index in [0.717, 1.165) is 31.0 Å². The molecule has 1 N–H and O–H groups in total. The number of hydrogen-bond donors (Lipinski definition) is 1. The first-order valence-corrected chi connectivity index (χ1v) is 8.59. The molecule has 1 fully saturated rings. The Morgan fingerprint density at radius 1 is 1.53 bits per heavy atom. The van der Waals surface area contributed by atoms with Crippen LogP contribution in [0.4, 0.5) is 5.95 Å². The van der Waals surface area contributed by atoms with E-state index in [2.05, 4.69) is 28.7 Å². The molecule has 1 unspecified atom stereocenters. The average Bonchev–Trinajstić information content (AvgIpc) is 2.78. The highest BCUT2D eigenvalue weighted by Crippen LogP contribution is 2.20. The molecule has 1 aromatic rings. The molecular formula is C13H23N3O2S. The molecule has 2 heterocycles. The van der Waals surface area contributed by atoms with Crippen molar-refractivity contribution in [3.63, 3.8) is 0 Å². The van der Waals surface area contributed by atoms with Gasteiger partial charge in [-0.1, -0.05) is 13.8 Å². The van der Waals surface area contributed by atoms with Gasteiger partial charge in [-0.2, -0.15) is 0 Å². The van der Waals surface area contributed by atoms with Crippen molar-refractivity contribution in [3.05, 3.63) is 11.9 Å². The van der Waals surface area contributed by atoms with Crippen LogP contribution in [0.3, 0.4) is 0 Å². The van der Waals surface area contributed by atoms with E-state index < -0.39 is 9.84 Å². The normalized spacial score (nSPS) is 22.0. The summed E-state index contributed by atoms with van der Waals surface area (Å²) in [5.74, 6) is 1.65. The van der Waals surface area contributed by atoms with Gasteiger partial charge in [0.25, 0.3) is 0 Å². The van der Waals surface area contributed by atoms with Crippen LogP contribution in [0.15, 0.2) is 6.20 Å². The number of nitrogens with one attached hydrogen (secondary N) is 1. The van der Waals surface area contributed by atoms with Crippen LogP contribution in [-0.2, 0) is 16.4 Å². The van der Waals surface area contributed by atoms with E-state index in [1.807, 2.05) is 13.1 Å². The number of aryl methyl sites for hydroxylation is 1. The molecule has 0 aliphatic carbocycles. The SMILES string of the molecule is Cc1cn(CC(C)C)c(NCC2CCCS2(=O)=O)n1. The molecule has 1 aliphatic rings. The summed E-state index contributed by atoms with van der Waals surface area (Å²) < 4.78 is 25.6. The van der Waals surface area contributed by atoms with Crippen LogP contribution in [-0.4, -0.2) is 35.5 Å². The lowest BCUT2D eigenvalue weighted by atomic mass is 10.2. The third kappa shape index (κ3) is 3.49. The lowest BCUT2D eigenvalue weighted by Crippen LogP contribution is -2.26. The molecule has 1 aliphatic heterocycles. The van der Waals surface area contributed by atoms with Crippen molar-refractivity contribution >= 4 is 15.8 Å². The van der Waals surface area contributed by atoms with Crippen molar-refractivity contribution in [2.75, 3.05) is 17.6 Å². The Labute approximate surface area is 115 Å².